The maximum atomic E-state index is 14.0. The van der Waals surface area contributed by atoms with E-state index in [1.807, 2.05) is 19.9 Å². The summed E-state index contributed by atoms with van der Waals surface area (Å²) in [4.78, 5) is 12.6. The minimum Gasteiger partial charge on any atom is -0.493 e. The lowest BCUT2D eigenvalue weighted by Crippen LogP contribution is -2.56. The summed E-state index contributed by atoms with van der Waals surface area (Å²) in [6.45, 7) is 5.86. The van der Waals surface area contributed by atoms with Gasteiger partial charge in [0, 0.05) is 19.0 Å². The van der Waals surface area contributed by atoms with Gasteiger partial charge in [-0.3, -0.25) is 0 Å². The highest BCUT2D eigenvalue weighted by Gasteiger charge is 2.37. The van der Waals surface area contributed by atoms with Gasteiger partial charge in [0.1, 0.15) is 12.3 Å². The van der Waals surface area contributed by atoms with Crippen LogP contribution in [0.3, 0.4) is 0 Å². The van der Waals surface area contributed by atoms with Gasteiger partial charge < -0.3 is 29.4 Å². The second-order valence-electron chi connectivity index (χ2n) is 8.91. The highest BCUT2D eigenvalue weighted by atomic mass is 32.2. The number of nitrogens with zero attached hydrogens (tertiary/aromatic N) is 1. The zero-order valence-electron chi connectivity index (χ0n) is 21.6. The lowest BCUT2D eigenvalue weighted by molar-refractivity contribution is 0.0507. The second kappa shape index (κ2) is 13.1. The normalized spacial score (nSPS) is 18.2. The van der Waals surface area contributed by atoms with E-state index in [2.05, 4.69) is 5.32 Å². The molecule has 10 nitrogen and oxygen atoms in total. The molecule has 1 amide bonds. The number of benzene rings is 2. The van der Waals surface area contributed by atoms with Crippen LogP contribution in [0.25, 0.3) is 0 Å². The van der Waals surface area contributed by atoms with Crippen LogP contribution in [0, 0.1) is 0 Å². The van der Waals surface area contributed by atoms with Gasteiger partial charge in [0.05, 0.1) is 37.4 Å². The monoisotopic (exact) mass is 536 g/mol. The Morgan fingerprint density at radius 2 is 1.92 bits per heavy atom. The van der Waals surface area contributed by atoms with E-state index >= 15 is 0 Å². The van der Waals surface area contributed by atoms with Crippen LogP contribution in [0.1, 0.15) is 39.2 Å². The highest BCUT2D eigenvalue weighted by molar-refractivity contribution is 7.89. The minimum atomic E-state index is -4.26. The van der Waals surface area contributed by atoms with Crippen molar-refractivity contribution in [3.63, 3.8) is 0 Å². The molecule has 2 aromatic rings. The summed E-state index contributed by atoms with van der Waals surface area (Å²) in [6.07, 6.45) is -2.78. The Kier molecular flexibility index (Phi) is 10.2. The molecule has 0 spiro atoms. The van der Waals surface area contributed by atoms with Crippen LogP contribution in [0.5, 0.6) is 11.5 Å². The van der Waals surface area contributed by atoms with Gasteiger partial charge in [-0.2, -0.15) is 4.31 Å². The summed E-state index contributed by atoms with van der Waals surface area (Å²) in [7, 11) is -2.79. The van der Waals surface area contributed by atoms with E-state index in [0.29, 0.717) is 30.8 Å². The van der Waals surface area contributed by atoms with Gasteiger partial charge in [-0.05, 0) is 38.0 Å². The number of alkyl carbamates (subject to hydrolysis) is 1. The standard InChI is InChI=1S/C26H36N2O8S/c1-5-18(2)35-24-15-22(11-12-23(24)33-4)37(31,32)28(16-20-9-7-6-8-10-20)25(19(3)29)27-26(30)36-21-13-14-34-17-21/h6-12,15,18-19,21,25,29H,5,13-14,16-17H2,1-4H3,(H,27,30)/t18?,19-,21+,25+/m1/s1. The first kappa shape index (κ1) is 28.7. The molecular formula is C26H36N2O8S. The van der Waals surface area contributed by atoms with Gasteiger partial charge in [0.15, 0.2) is 11.5 Å². The smallest absolute Gasteiger partial charge is 0.408 e. The van der Waals surface area contributed by atoms with Crippen molar-refractivity contribution in [2.45, 2.75) is 69.5 Å². The highest BCUT2D eigenvalue weighted by Crippen LogP contribution is 2.33. The molecule has 0 radical (unpaired) electrons. The summed E-state index contributed by atoms with van der Waals surface area (Å²) in [5.74, 6) is 0.668. The Hall–Kier alpha value is -2.86. The third kappa shape index (κ3) is 7.57. The van der Waals surface area contributed by atoms with Crippen molar-refractivity contribution in [3.8, 4) is 11.5 Å². The number of methoxy groups -OCH3 is 1. The number of rotatable bonds is 12. The number of ether oxygens (including phenoxy) is 4. The maximum Gasteiger partial charge on any atom is 0.408 e. The molecule has 204 valence electrons. The first-order valence-electron chi connectivity index (χ1n) is 12.3. The van der Waals surface area contributed by atoms with Crippen molar-refractivity contribution in [2.75, 3.05) is 20.3 Å². The number of amides is 1. The number of nitrogens with one attached hydrogen (secondary N) is 1. The number of sulfonamides is 1. The van der Waals surface area contributed by atoms with Crippen LogP contribution in [-0.2, 0) is 26.0 Å². The SMILES string of the molecule is CCC(C)Oc1cc(S(=O)(=O)N(Cc2ccccc2)[C@H](NC(=O)O[C@H]2CCOC2)[C@@H](C)O)ccc1OC. The maximum absolute atomic E-state index is 14.0. The van der Waals surface area contributed by atoms with Crippen molar-refractivity contribution in [1.82, 2.24) is 9.62 Å². The lowest BCUT2D eigenvalue weighted by atomic mass is 10.2. The summed E-state index contributed by atoms with van der Waals surface area (Å²) >= 11 is 0. The molecule has 1 unspecified atom stereocenters. The van der Waals surface area contributed by atoms with E-state index in [1.54, 1.807) is 24.3 Å². The van der Waals surface area contributed by atoms with Crippen LogP contribution in [0.4, 0.5) is 4.79 Å². The predicted molar refractivity (Wildman–Crippen MR) is 137 cm³/mol. The fraction of sp³-hybridized carbons (Fsp3) is 0.500. The molecule has 3 rings (SSSR count). The largest absolute Gasteiger partial charge is 0.493 e. The zero-order valence-corrected chi connectivity index (χ0v) is 22.4. The molecule has 0 bridgehead atoms. The zero-order chi connectivity index (χ0) is 27.0. The van der Waals surface area contributed by atoms with Crippen LogP contribution in [-0.4, -0.2) is 68.7 Å². The topological polar surface area (TPSA) is 124 Å². The van der Waals surface area contributed by atoms with Crippen molar-refractivity contribution in [2.24, 2.45) is 0 Å². The third-order valence-corrected chi connectivity index (χ3v) is 7.84. The summed E-state index contributed by atoms with van der Waals surface area (Å²) in [5.41, 5.74) is 0.667. The third-order valence-electron chi connectivity index (χ3n) is 6.02. The first-order valence-corrected chi connectivity index (χ1v) is 13.7. The molecular weight excluding hydrogens is 500 g/mol. The number of hydrogen-bond donors (Lipinski definition) is 2. The molecule has 4 atom stereocenters. The van der Waals surface area contributed by atoms with Gasteiger partial charge >= 0.3 is 6.09 Å². The lowest BCUT2D eigenvalue weighted by Gasteiger charge is -2.33. The molecule has 2 N–H and O–H groups in total. The number of aliphatic hydroxyl groups excluding tert-OH is 1. The number of hydrogen-bond acceptors (Lipinski definition) is 8. The number of aliphatic hydroxyl groups is 1. The molecule has 11 heteroatoms. The van der Waals surface area contributed by atoms with Crippen LogP contribution >= 0.6 is 0 Å². The molecule has 0 aliphatic carbocycles. The molecule has 1 fully saturated rings. The Balaban J connectivity index is 1.99. The van der Waals surface area contributed by atoms with E-state index in [0.717, 1.165) is 4.31 Å². The molecule has 1 aliphatic heterocycles. The van der Waals surface area contributed by atoms with Gasteiger partial charge in [0.2, 0.25) is 10.0 Å². The molecule has 2 aromatic carbocycles. The van der Waals surface area contributed by atoms with E-state index < -0.39 is 34.5 Å². The Bertz CT molecular complexity index is 1120. The van der Waals surface area contributed by atoms with Crippen molar-refractivity contribution in [1.29, 1.82) is 0 Å². The van der Waals surface area contributed by atoms with Gasteiger partial charge in [-0.15, -0.1) is 0 Å². The van der Waals surface area contributed by atoms with Crippen LogP contribution in [0.15, 0.2) is 53.4 Å². The van der Waals surface area contributed by atoms with Crippen molar-refractivity contribution in [3.05, 3.63) is 54.1 Å². The van der Waals surface area contributed by atoms with Crippen molar-refractivity contribution >= 4 is 16.1 Å². The molecule has 1 heterocycles. The average molecular weight is 537 g/mol. The van der Waals surface area contributed by atoms with E-state index in [9.17, 15) is 18.3 Å². The van der Waals surface area contributed by atoms with Crippen molar-refractivity contribution < 1.29 is 37.3 Å². The first-order chi connectivity index (χ1) is 17.6. The molecule has 1 aliphatic rings. The Morgan fingerprint density at radius 1 is 1.19 bits per heavy atom. The Morgan fingerprint density at radius 3 is 2.51 bits per heavy atom. The quantitative estimate of drug-likeness (QED) is 0.396. The summed E-state index contributed by atoms with van der Waals surface area (Å²) in [5, 5.41) is 13.2. The van der Waals surface area contributed by atoms with Gasteiger partial charge in [-0.25, -0.2) is 13.2 Å². The fourth-order valence-corrected chi connectivity index (χ4v) is 5.40. The Labute approximate surface area is 218 Å². The average Bonchev–Trinajstić information content (AvgIpc) is 3.39. The van der Waals surface area contributed by atoms with Crippen LogP contribution in [0.2, 0.25) is 0 Å². The fourth-order valence-electron chi connectivity index (χ4n) is 3.79. The number of carbonyl (C=O) groups excluding carboxylic acids is 1. The van der Waals surface area contributed by atoms with E-state index in [-0.39, 0.29) is 29.9 Å². The second-order valence-corrected chi connectivity index (χ2v) is 10.8. The minimum absolute atomic E-state index is 0.0763. The molecule has 0 aromatic heterocycles. The number of carbonyl (C=O) groups is 1. The van der Waals surface area contributed by atoms with Gasteiger partial charge in [-0.1, -0.05) is 37.3 Å². The molecule has 1 saturated heterocycles. The van der Waals surface area contributed by atoms with Gasteiger partial charge in [0.25, 0.3) is 0 Å². The molecule has 0 saturated carbocycles. The van der Waals surface area contributed by atoms with E-state index in [4.69, 9.17) is 18.9 Å². The predicted octanol–water partition coefficient (Wildman–Crippen LogP) is 3.29. The van der Waals surface area contributed by atoms with E-state index in [1.165, 1.54) is 32.2 Å². The molecule has 37 heavy (non-hydrogen) atoms. The van der Waals surface area contributed by atoms with Crippen LogP contribution < -0.4 is 14.8 Å². The summed E-state index contributed by atoms with van der Waals surface area (Å²) in [6, 6.07) is 13.2. The summed E-state index contributed by atoms with van der Waals surface area (Å²) < 4.78 is 51.0.